The molecule has 0 aromatic heterocycles. The zero-order valence-electron chi connectivity index (χ0n) is 6.48. The molecule has 0 radical (unpaired) electrons. The Bertz CT molecular complexity index is 91.0. The first-order chi connectivity index (χ1) is 4.79. The van der Waals surface area contributed by atoms with Gasteiger partial charge in [-0.15, -0.1) is 11.8 Å². The maximum atomic E-state index is 3.11. The Kier molecular flexibility index (Phi) is 3.48. The molecule has 1 aliphatic rings. The van der Waals surface area contributed by atoms with Gasteiger partial charge in [0.25, 0.3) is 0 Å². The summed E-state index contributed by atoms with van der Waals surface area (Å²) >= 11 is 1.96. The van der Waals surface area contributed by atoms with Crippen molar-refractivity contribution in [2.24, 2.45) is 5.92 Å². The summed E-state index contributed by atoms with van der Waals surface area (Å²) in [5.41, 5.74) is 9.00. The van der Waals surface area contributed by atoms with E-state index >= 15 is 0 Å². The summed E-state index contributed by atoms with van der Waals surface area (Å²) in [4.78, 5) is 0. The minimum absolute atomic E-state index is 0.544. The topological polar surface area (TPSA) is 36.1 Å². The maximum Gasteiger partial charge on any atom is 0.0817 e. The highest BCUT2D eigenvalue weighted by atomic mass is 32.2. The molecule has 4 heteroatoms. The normalized spacial score (nSPS) is 26.1. The summed E-state index contributed by atoms with van der Waals surface area (Å²) in [5, 5.41) is 0.544. The second-order valence-electron chi connectivity index (χ2n) is 2.87. The molecule has 0 aromatic carbocycles. The summed E-state index contributed by atoms with van der Waals surface area (Å²) in [6, 6.07) is 0. The molecule has 1 heterocycles. The third kappa shape index (κ3) is 2.88. The maximum absolute atomic E-state index is 3.11. The quantitative estimate of drug-likeness (QED) is 0.557. The van der Waals surface area contributed by atoms with Crippen LogP contribution in [-0.2, 0) is 0 Å². The van der Waals surface area contributed by atoms with Crippen molar-refractivity contribution in [3.8, 4) is 0 Å². The van der Waals surface area contributed by atoms with Gasteiger partial charge in [-0.2, -0.15) is 5.53 Å². The molecule has 1 rings (SSSR count). The van der Waals surface area contributed by atoms with E-state index in [2.05, 4.69) is 30.2 Å². The Morgan fingerprint density at radius 1 is 1.60 bits per heavy atom. The first-order valence-electron chi connectivity index (χ1n) is 3.64. The van der Waals surface area contributed by atoms with Crippen LogP contribution in [0.15, 0.2) is 0 Å². The van der Waals surface area contributed by atoms with Crippen LogP contribution in [0, 0.1) is 5.92 Å². The fraction of sp³-hybridized carbons (Fsp3) is 1.00. The minimum atomic E-state index is 0.544. The molecule has 10 heavy (non-hydrogen) atoms. The van der Waals surface area contributed by atoms with Crippen molar-refractivity contribution < 1.29 is 0 Å². The first-order valence-corrected chi connectivity index (χ1v) is 4.69. The fourth-order valence-corrected chi connectivity index (χ4v) is 1.70. The van der Waals surface area contributed by atoms with E-state index < -0.39 is 0 Å². The standard InChI is InChI=1S/C6H15N3S/c1-5(2)4-10-6-3-7-9-8-6/h5-9H,3-4H2,1-2H3. The average molecular weight is 161 g/mol. The van der Waals surface area contributed by atoms with Crippen LogP contribution < -0.4 is 16.4 Å². The molecule has 0 amide bonds. The number of thioether (sulfide) groups is 1. The van der Waals surface area contributed by atoms with E-state index in [4.69, 9.17) is 0 Å². The van der Waals surface area contributed by atoms with Crippen molar-refractivity contribution in [1.82, 2.24) is 16.4 Å². The lowest BCUT2D eigenvalue weighted by molar-refractivity contribution is 0.586. The van der Waals surface area contributed by atoms with Gasteiger partial charge in [0, 0.05) is 6.54 Å². The molecule has 0 bridgehead atoms. The van der Waals surface area contributed by atoms with Gasteiger partial charge in [0.1, 0.15) is 0 Å². The van der Waals surface area contributed by atoms with Gasteiger partial charge >= 0.3 is 0 Å². The summed E-state index contributed by atoms with van der Waals surface area (Å²) in [6.45, 7) is 5.49. The van der Waals surface area contributed by atoms with Crippen molar-refractivity contribution in [1.29, 1.82) is 0 Å². The Labute approximate surface area is 66.3 Å². The Morgan fingerprint density at radius 2 is 2.40 bits per heavy atom. The molecule has 0 aliphatic carbocycles. The molecule has 0 spiro atoms. The number of hydrogen-bond acceptors (Lipinski definition) is 4. The van der Waals surface area contributed by atoms with E-state index in [-0.39, 0.29) is 0 Å². The molecule has 3 nitrogen and oxygen atoms in total. The van der Waals surface area contributed by atoms with Crippen LogP contribution in [0.25, 0.3) is 0 Å². The highest BCUT2D eigenvalue weighted by molar-refractivity contribution is 7.99. The van der Waals surface area contributed by atoms with Gasteiger partial charge in [-0.3, -0.25) is 0 Å². The van der Waals surface area contributed by atoms with E-state index in [9.17, 15) is 0 Å². The number of hydrogen-bond donors (Lipinski definition) is 3. The zero-order chi connectivity index (χ0) is 7.40. The Hall–Kier alpha value is 0.230. The lowest BCUT2D eigenvalue weighted by Crippen LogP contribution is -2.32. The number of hydrazine groups is 2. The first kappa shape index (κ1) is 8.33. The fourth-order valence-electron chi connectivity index (χ4n) is 0.735. The van der Waals surface area contributed by atoms with Crippen LogP contribution in [-0.4, -0.2) is 17.7 Å². The molecule has 0 aromatic rings. The van der Waals surface area contributed by atoms with Gasteiger partial charge < -0.3 is 0 Å². The molecule has 1 fully saturated rings. The summed E-state index contributed by atoms with van der Waals surface area (Å²) in [5.74, 6) is 2.01. The highest BCUT2D eigenvalue weighted by Crippen LogP contribution is 2.12. The van der Waals surface area contributed by atoms with Crippen LogP contribution in [0.1, 0.15) is 13.8 Å². The van der Waals surface area contributed by atoms with Crippen LogP contribution >= 0.6 is 11.8 Å². The van der Waals surface area contributed by atoms with E-state index in [1.807, 2.05) is 11.8 Å². The molecular formula is C6H15N3S. The zero-order valence-corrected chi connectivity index (χ0v) is 7.29. The summed E-state index contributed by atoms with van der Waals surface area (Å²) < 4.78 is 0. The highest BCUT2D eigenvalue weighted by Gasteiger charge is 2.12. The monoisotopic (exact) mass is 161 g/mol. The van der Waals surface area contributed by atoms with Gasteiger partial charge in [0.2, 0.25) is 0 Å². The lowest BCUT2D eigenvalue weighted by atomic mass is 10.3. The van der Waals surface area contributed by atoms with E-state index in [1.54, 1.807) is 0 Å². The summed E-state index contributed by atoms with van der Waals surface area (Å²) in [7, 11) is 0. The molecule has 3 N–H and O–H groups in total. The van der Waals surface area contributed by atoms with Crippen LogP contribution in [0.4, 0.5) is 0 Å². The van der Waals surface area contributed by atoms with Crippen LogP contribution in [0.2, 0.25) is 0 Å². The molecule has 1 atom stereocenters. The van der Waals surface area contributed by atoms with E-state index in [1.165, 1.54) is 5.75 Å². The third-order valence-electron chi connectivity index (χ3n) is 1.24. The smallest absolute Gasteiger partial charge is 0.0817 e. The van der Waals surface area contributed by atoms with Crippen molar-refractivity contribution >= 4 is 11.8 Å². The van der Waals surface area contributed by atoms with Crippen molar-refractivity contribution in [3.05, 3.63) is 0 Å². The van der Waals surface area contributed by atoms with Gasteiger partial charge in [-0.25, -0.2) is 10.9 Å². The van der Waals surface area contributed by atoms with Crippen LogP contribution in [0.5, 0.6) is 0 Å². The molecule has 60 valence electrons. The Balaban J connectivity index is 2.01. The number of rotatable bonds is 3. The number of nitrogens with one attached hydrogen (secondary N) is 3. The van der Waals surface area contributed by atoms with Gasteiger partial charge in [0.15, 0.2) is 0 Å². The predicted molar refractivity (Wildman–Crippen MR) is 45.4 cm³/mol. The minimum Gasteiger partial charge on any atom is -0.242 e. The van der Waals surface area contributed by atoms with Crippen molar-refractivity contribution in [2.45, 2.75) is 19.2 Å². The van der Waals surface area contributed by atoms with E-state index in [0.29, 0.717) is 5.37 Å². The molecular weight excluding hydrogens is 146 g/mol. The third-order valence-corrected chi connectivity index (χ3v) is 2.79. The van der Waals surface area contributed by atoms with Gasteiger partial charge in [-0.05, 0) is 11.7 Å². The molecule has 1 saturated heterocycles. The molecule has 1 aliphatic heterocycles. The largest absolute Gasteiger partial charge is 0.242 e. The Morgan fingerprint density at radius 3 is 2.90 bits per heavy atom. The average Bonchev–Trinajstić information content (AvgIpc) is 2.34. The lowest BCUT2D eigenvalue weighted by Gasteiger charge is -2.09. The second kappa shape index (κ2) is 4.18. The van der Waals surface area contributed by atoms with Gasteiger partial charge in [0.05, 0.1) is 5.37 Å². The van der Waals surface area contributed by atoms with E-state index in [0.717, 1.165) is 12.5 Å². The van der Waals surface area contributed by atoms with Crippen molar-refractivity contribution in [2.75, 3.05) is 12.3 Å². The van der Waals surface area contributed by atoms with Gasteiger partial charge in [-0.1, -0.05) is 13.8 Å². The van der Waals surface area contributed by atoms with Crippen molar-refractivity contribution in [3.63, 3.8) is 0 Å². The second-order valence-corrected chi connectivity index (χ2v) is 4.10. The summed E-state index contributed by atoms with van der Waals surface area (Å²) in [6.07, 6.45) is 0. The molecule has 1 unspecified atom stereocenters. The van der Waals surface area contributed by atoms with Crippen LogP contribution in [0.3, 0.4) is 0 Å². The predicted octanol–water partition coefficient (Wildman–Crippen LogP) is 0.314. The SMILES string of the molecule is CC(C)CSC1CNNN1. The molecule has 0 saturated carbocycles.